The van der Waals surface area contributed by atoms with E-state index in [9.17, 15) is 4.79 Å². The van der Waals surface area contributed by atoms with Crippen molar-refractivity contribution in [2.75, 3.05) is 13.4 Å². The van der Waals surface area contributed by atoms with Gasteiger partial charge >= 0.3 is 5.97 Å². The zero-order valence-corrected chi connectivity index (χ0v) is 13.3. The Hall–Kier alpha value is -3.21. The Morgan fingerprint density at radius 2 is 2.29 bits per heavy atom. The molecule has 0 unspecified atom stereocenters. The van der Waals surface area contributed by atoms with Crippen LogP contribution >= 0.6 is 0 Å². The third-order valence-corrected chi connectivity index (χ3v) is 3.62. The quantitative estimate of drug-likeness (QED) is 0.490. The second kappa shape index (κ2) is 6.50. The summed E-state index contributed by atoms with van der Waals surface area (Å²) in [6.07, 6.45) is 1.81. The van der Waals surface area contributed by atoms with Crippen LogP contribution in [0.3, 0.4) is 0 Å². The smallest absolute Gasteiger partial charge is 0.338 e. The highest BCUT2D eigenvalue weighted by Crippen LogP contribution is 2.38. The van der Waals surface area contributed by atoms with Crippen LogP contribution in [0, 0.1) is 11.5 Å². The Balaban J connectivity index is 2.03. The van der Waals surface area contributed by atoms with Gasteiger partial charge in [0.1, 0.15) is 6.04 Å². The normalized spacial score (nSPS) is 18.4. The minimum atomic E-state index is -0.615. The molecule has 0 amide bonds. The molecule has 124 valence electrons. The summed E-state index contributed by atoms with van der Waals surface area (Å²) >= 11 is 0. The van der Waals surface area contributed by atoms with Gasteiger partial charge in [-0.05, 0) is 31.5 Å². The van der Waals surface area contributed by atoms with E-state index in [1.165, 1.54) is 0 Å². The number of ether oxygens (including phenoxy) is 3. The minimum absolute atomic E-state index is 0.162. The number of rotatable bonds is 3. The molecule has 0 bridgehead atoms. The molecule has 2 aliphatic heterocycles. The van der Waals surface area contributed by atoms with Gasteiger partial charge in [-0.3, -0.25) is 5.32 Å². The van der Waals surface area contributed by atoms with Crippen LogP contribution in [0.4, 0.5) is 0 Å². The number of hydrogen-bond donors (Lipinski definition) is 2. The number of hydrogen-bond acceptors (Lipinski definition) is 8. The largest absolute Gasteiger partial charge is 0.463 e. The highest BCUT2D eigenvalue weighted by Gasteiger charge is 2.31. The fraction of sp³-hybridized carbons (Fsp3) is 0.312. The maximum atomic E-state index is 12.4. The number of fused-ring (bicyclic) bond motifs is 1. The topological polar surface area (TPSA) is 105 Å². The molecule has 1 aromatic rings. The summed E-state index contributed by atoms with van der Waals surface area (Å²) in [5.74, 6) is 1.05. The van der Waals surface area contributed by atoms with E-state index in [0.29, 0.717) is 22.8 Å². The lowest BCUT2D eigenvalue weighted by Crippen LogP contribution is -2.39. The molecule has 0 saturated carbocycles. The van der Waals surface area contributed by atoms with Crippen molar-refractivity contribution in [1.29, 1.82) is 5.26 Å². The van der Waals surface area contributed by atoms with E-state index in [0.717, 1.165) is 5.56 Å². The van der Waals surface area contributed by atoms with Crippen LogP contribution in [0.5, 0.6) is 11.5 Å². The first-order valence-electron chi connectivity index (χ1n) is 7.41. The molecule has 0 radical (unpaired) electrons. The zero-order chi connectivity index (χ0) is 17.1. The van der Waals surface area contributed by atoms with Gasteiger partial charge in [-0.15, -0.1) is 0 Å². The summed E-state index contributed by atoms with van der Waals surface area (Å²) in [5.41, 5.74) is 1.70. The molecule has 0 saturated heterocycles. The third kappa shape index (κ3) is 2.84. The van der Waals surface area contributed by atoms with Crippen molar-refractivity contribution in [3.8, 4) is 17.7 Å². The SMILES string of the molecule is CCOC(=O)C1=C(C)NC(NC#N)=N[C@H]1c1ccc2c(c1)OCO2. The highest BCUT2D eigenvalue weighted by atomic mass is 16.7. The third-order valence-electron chi connectivity index (χ3n) is 3.62. The predicted octanol–water partition coefficient (Wildman–Crippen LogP) is 1.32. The van der Waals surface area contributed by atoms with E-state index >= 15 is 0 Å². The summed E-state index contributed by atoms with van der Waals surface area (Å²) < 4.78 is 15.8. The van der Waals surface area contributed by atoms with Gasteiger partial charge in [0.2, 0.25) is 12.8 Å². The maximum absolute atomic E-state index is 12.4. The number of guanidine groups is 1. The molecule has 1 atom stereocenters. The van der Waals surface area contributed by atoms with Gasteiger partial charge in [0.25, 0.3) is 0 Å². The minimum Gasteiger partial charge on any atom is -0.463 e. The standard InChI is InChI=1S/C16H16N4O4/c1-3-22-15(21)13-9(2)19-16(18-7-17)20-14(13)10-4-5-11-12(6-10)24-8-23-11/h4-6,14H,3,8H2,1-2H3,(H2,18,19,20)/t14-/m0/s1. The Morgan fingerprint density at radius 1 is 1.50 bits per heavy atom. The van der Waals surface area contributed by atoms with Gasteiger partial charge in [-0.25, -0.2) is 9.79 Å². The second-order valence-corrected chi connectivity index (χ2v) is 5.11. The van der Waals surface area contributed by atoms with E-state index in [4.69, 9.17) is 19.5 Å². The first kappa shape index (κ1) is 15.7. The summed E-state index contributed by atoms with van der Waals surface area (Å²) in [6.45, 7) is 3.90. The lowest BCUT2D eigenvalue weighted by Gasteiger charge is -2.25. The van der Waals surface area contributed by atoms with Crippen molar-refractivity contribution in [2.24, 2.45) is 4.99 Å². The Labute approximate surface area is 138 Å². The molecule has 0 spiro atoms. The molecule has 0 fully saturated rings. The van der Waals surface area contributed by atoms with Crippen molar-refractivity contribution < 1.29 is 19.0 Å². The first-order valence-corrected chi connectivity index (χ1v) is 7.41. The molecule has 3 rings (SSSR count). The monoisotopic (exact) mass is 328 g/mol. The predicted molar refractivity (Wildman–Crippen MR) is 84.0 cm³/mol. The van der Waals surface area contributed by atoms with Crippen molar-refractivity contribution in [3.63, 3.8) is 0 Å². The van der Waals surface area contributed by atoms with Crippen LogP contribution in [-0.2, 0) is 9.53 Å². The van der Waals surface area contributed by atoms with E-state index < -0.39 is 12.0 Å². The molecule has 0 aliphatic carbocycles. The van der Waals surface area contributed by atoms with Crippen LogP contribution in [0.15, 0.2) is 34.5 Å². The van der Waals surface area contributed by atoms with Gasteiger partial charge in [0.05, 0.1) is 12.2 Å². The maximum Gasteiger partial charge on any atom is 0.338 e. The van der Waals surface area contributed by atoms with Gasteiger partial charge in [0, 0.05) is 5.70 Å². The number of benzene rings is 1. The zero-order valence-electron chi connectivity index (χ0n) is 13.3. The van der Waals surface area contributed by atoms with Crippen molar-refractivity contribution in [1.82, 2.24) is 10.6 Å². The summed E-state index contributed by atoms with van der Waals surface area (Å²) in [4.78, 5) is 16.8. The molecule has 0 aromatic heterocycles. The molecule has 2 N–H and O–H groups in total. The Kier molecular flexibility index (Phi) is 4.24. The summed E-state index contributed by atoms with van der Waals surface area (Å²) in [7, 11) is 0. The van der Waals surface area contributed by atoms with Crippen LogP contribution in [-0.4, -0.2) is 25.3 Å². The molecular formula is C16H16N4O4. The average Bonchev–Trinajstić information content (AvgIpc) is 3.02. The number of aliphatic imine (C=N–C) groups is 1. The Morgan fingerprint density at radius 3 is 3.04 bits per heavy atom. The number of carbonyl (C=O) groups excluding carboxylic acids is 1. The average molecular weight is 328 g/mol. The lowest BCUT2D eigenvalue weighted by molar-refractivity contribution is -0.138. The fourth-order valence-corrected chi connectivity index (χ4v) is 2.59. The summed E-state index contributed by atoms with van der Waals surface area (Å²) in [5, 5.41) is 14.2. The molecule has 8 nitrogen and oxygen atoms in total. The number of nitrogens with zero attached hydrogens (tertiary/aromatic N) is 2. The van der Waals surface area contributed by atoms with Crippen molar-refractivity contribution >= 4 is 11.9 Å². The highest BCUT2D eigenvalue weighted by molar-refractivity contribution is 5.95. The second-order valence-electron chi connectivity index (χ2n) is 5.11. The van der Waals surface area contributed by atoms with Crippen molar-refractivity contribution in [3.05, 3.63) is 35.0 Å². The molecule has 24 heavy (non-hydrogen) atoms. The number of carbonyl (C=O) groups is 1. The number of esters is 1. The first-order chi connectivity index (χ1) is 11.6. The lowest BCUT2D eigenvalue weighted by atomic mass is 9.96. The van der Waals surface area contributed by atoms with Crippen LogP contribution in [0.25, 0.3) is 0 Å². The molecule has 2 heterocycles. The van der Waals surface area contributed by atoms with Gasteiger partial charge in [0.15, 0.2) is 17.7 Å². The number of nitriles is 1. The molecule has 2 aliphatic rings. The summed E-state index contributed by atoms with van der Waals surface area (Å²) in [6, 6.07) is 4.74. The number of allylic oxidation sites excluding steroid dienone is 1. The van der Waals surface area contributed by atoms with E-state index in [1.807, 2.05) is 12.3 Å². The van der Waals surface area contributed by atoms with Crippen LogP contribution < -0.4 is 20.1 Å². The molecule has 8 heteroatoms. The molecular weight excluding hydrogens is 312 g/mol. The van der Waals surface area contributed by atoms with Crippen LogP contribution in [0.1, 0.15) is 25.5 Å². The molecule has 1 aromatic carbocycles. The van der Waals surface area contributed by atoms with Crippen LogP contribution in [0.2, 0.25) is 0 Å². The van der Waals surface area contributed by atoms with E-state index in [-0.39, 0.29) is 19.4 Å². The van der Waals surface area contributed by atoms with E-state index in [2.05, 4.69) is 15.6 Å². The van der Waals surface area contributed by atoms with Gasteiger partial charge in [-0.2, -0.15) is 5.26 Å². The number of nitrogens with one attached hydrogen (secondary N) is 2. The van der Waals surface area contributed by atoms with E-state index in [1.54, 1.807) is 26.0 Å². The van der Waals surface area contributed by atoms with Gasteiger partial charge in [-0.1, -0.05) is 6.07 Å². The fourth-order valence-electron chi connectivity index (χ4n) is 2.59. The van der Waals surface area contributed by atoms with Gasteiger partial charge < -0.3 is 19.5 Å². The van der Waals surface area contributed by atoms with Crippen molar-refractivity contribution in [2.45, 2.75) is 19.9 Å². The Bertz CT molecular complexity index is 779.